The number of aliphatic imine (C=N–C) groups is 1. The van der Waals surface area contributed by atoms with Gasteiger partial charge in [-0.3, -0.25) is 4.99 Å². The molecule has 2 nitrogen and oxygen atoms in total. The zero-order valence-corrected chi connectivity index (χ0v) is 13.1. The van der Waals surface area contributed by atoms with Gasteiger partial charge in [-0.1, -0.05) is 38.7 Å². The van der Waals surface area contributed by atoms with E-state index in [1.165, 1.54) is 16.7 Å². The third-order valence-corrected chi connectivity index (χ3v) is 2.84. The molecule has 0 unspecified atom stereocenters. The second-order valence-corrected chi connectivity index (χ2v) is 4.36. The van der Waals surface area contributed by atoms with Crippen molar-refractivity contribution in [1.82, 2.24) is 5.32 Å². The minimum Gasteiger partial charge on any atom is -0.316 e. The van der Waals surface area contributed by atoms with E-state index in [1.54, 1.807) is 0 Å². The predicted octanol–water partition coefficient (Wildman–Crippen LogP) is 4.68. The molecule has 0 radical (unpaired) electrons. The number of nitrogens with one attached hydrogen (secondary N) is 1. The van der Waals surface area contributed by atoms with Crippen LogP contribution >= 0.6 is 0 Å². The van der Waals surface area contributed by atoms with Gasteiger partial charge in [0.2, 0.25) is 0 Å². The van der Waals surface area contributed by atoms with Gasteiger partial charge in [-0.2, -0.15) is 0 Å². The summed E-state index contributed by atoms with van der Waals surface area (Å²) in [6.07, 6.45) is 10.3. The average Bonchev–Trinajstić information content (AvgIpc) is 2.47. The van der Waals surface area contributed by atoms with Gasteiger partial charge < -0.3 is 5.32 Å². The highest BCUT2D eigenvalue weighted by Gasteiger charge is 2.06. The Morgan fingerprint density at radius 2 is 2.05 bits per heavy atom. The molecular formula is C17H30N2. The van der Waals surface area contributed by atoms with Crippen LogP contribution in [-0.4, -0.2) is 19.3 Å². The molecule has 0 aromatic heterocycles. The van der Waals surface area contributed by atoms with Crippen molar-refractivity contribution in [3.63, 3.8) is 0 Å². The second kappa shape index (κ2) is 10.5. The predicted molar refractivity (Wildman–Crippen MR) is 89.9 cm³/mol. The van der Waals surface area contributed by atoms with Crippen LogP contribution in [0.4, 0.5) is 0 Å². The monoisotopic (exact) mass is 262 g/mol. The van der Waals surface area contributed by atoms with Gasteiger partial charge in [0.15, 0.2) is 0 Å². The topological polar surface area (TPSA) is 24.4 Å². The standard InChI is InChI=1S/C15H22N2.C2H6.H2/c1-5-14-6-8-15(9-7-14)13(3)17-11-12(2)10-16-4;1-2;/h5-6,8,11,16H,1,7,9-10H2,2-4H3;1-2H3;1H/b12-11+,17-13?;;. The van der Waals surface area contributed by atoms with Crippen LogP contribution in [0.25, 0.3) is 0 Å². The largest absolute Gasteiger partial charge is 0.316 e. The first kappa shape index (κ1) is 17.6. The normalized spacial score (nSPS) is 16.1. The molecule has 2 heteroatoms. The zero-order valence-electron chi connectivity index (χ0n) is 13.1. The molecular weight excluding hydrogens is 232 g/mol. The van der Waals surface area contributed by atoms with E-state index >= 15 is 0 Å². The van der Waals surface area contributed by atoms with E-state index in [-0.39, 0.29) is 1.43 Å². The number of rotatable bonds is 5. The average molecular weight is 262 g/mol. The van der Waals surface area contributed by atoms with Gasteiger partial charge in [0.25, 0.3) is 0 Å². The first-order valence-corrected chi connectivity index (χ1v) is 7.04. The third kappa shape index (κ3) is 6.92. The molecule has 0 saturated heterocycles. The van der Waals surface area contributed by atoms with Crippen LogP contribution in [-0.2, 0) is 0 Å². The molecule has 1 aliphatic carbocycles. The summed E-state index contributed by atoms with van der Waals surface area (Å²) in [6.45, 7) is 12.8. The number of hydrogen-bond donors (Lipinski definition) is 1. The van der Waals surface area contributed by atoms with Gasteiger partial charge in [0.1, 0.15) is 0 Å². The Kier molecular flexibility index (Phi) is 9.73. The van der Waals surface area contributed by atoms with Gasteiger partial charge in [-0.15, -0.1) is 0 Å². The van der Waals surface area contributed by atoms with E-state index in [0.29, 0.717) is 0 Å². The Labute approximate surface area is 120 Å². The van der Waals surface area contributed by atoms with E-state index < -0.39 is 0 Å². The summed E-state index contributed by atoms with van der Waals surface area (Å²) >= 11 is 0. The van der Waals surface area contributed by atoms with Gasteiger partial charge in [0.05, 0.1) is 0 Å². The van der Waals surface area contributed by atoms with E-state index in [1.807, 2.05) is 33.2 Å². The molecule has 0 spiro atoms. The van der Waals surface area contributed by atoms with Gasteiger partial charge in [-0.05, 0) is 50.5 Å². The molecule has 1 N–H and O–H groups in total. The molecule has 0 heterocycles. The highest BCUT2D eigenvalue weighted by molar-refractivity contribution is 5.99. The van der Waals surface area contributed by atoms with Gasteiger partial charge >= 0.3 is 0 Å². The van der Waals surface area contributed by atoms with Crippen LogP contribution in [0.5, 0.6) is 0 Å². The molecule has 0 atom stereocenters. The zero-order chi connectivity index (χ0) is 14.7. The van der Waals surface area contributed by atoms with Crippen molar-refractivity contribution in [3.05, 3.63) is 47.7 Å². The Morgan fingerprint density at radius 1 is 1.37 bits per heavy atom. The maximum absolute atomic E-state index is 4.51. The lowest BCUT2D eigenvalue weighted by Crippen LogP contribution is -2.08. The maximum atomic E-state index is 4.51. The number of allylic oxidation sites excluding steroid dienone is 5. The van der Waals surface area contributed by atoms with E-state index in [4.69, 9.17) is 0 Å². The minimum absolute atomic E-state index is 0. The fourth-order valence-corrected chi connectivity index (χ4v) is 1.74. The molecule has 0 aliphatic heterocycles. The molecule has 0 fully saturated rings. The number of nitrogens with zero attached hydrogens (tertiary/aromatic N) is 1. The van der Waals surface area contributed by atoms with Crippen LogP contribution in [0, 0.1) is 0 Å². The second-order valence-electron chi connectivity index (χ2n) is 4.36. The fraction of sp³-hybridized carbons (Fsp3) is 0.471. The van der Waals surface area contributed by atoms with E-state index in [9.17, 15) is 0 Å². The van der Waals surface area contributed by atoms with E-state index in [0.717, 1.165) is 25.1 Å². The van der Waals surface area contributed by atoms with Crippen molar-refractivity contribution >= 4 is 5.71 Å². The minimum atomic E-state index is 0. The molecule has 108 valence electrons. The summed E-state index contributed by atoms with van der Waals surface area (Å²) in [6, 6.07) is 0. The molecule has 0 bridgehead atoms. The Balaban J connectivity index is 0. The molecule has 0 aromatic carbocycles. The molecule has 0 aromatic rings. The summed E-state index contributed by atoms with van der Waals surface area (Å²) in [5, 5.41) is 3.11. The molecule has 1 rings (SSSR count). The van der Waals surface area contributed by atoms with Crippen molar-refractivity contribution in [3.8, 4) is 0 Å². The summed E-state index contributed by atoms with van der Waals surface area (Å²) in [5.74, 6) is 0. The summed E-state index contributed by atoms with van der Waals surface area (Å²) in [5.41, 5.74) is 4.98. The number of likely N-dealkylation sites (N-methyl/N-ethyl adjacent to an activating group) is 1. The Bertz CT molecular complexity index is 401. The lowest BCUT2D eigenvalue weighted by Gasteiger charge is -2.11. The highest BCUT2D eigenvalue weighted by Crippen LogP contribution is 2.20. The molecule has 19 heavy (non-hydrogen) atoms. The summed E-state index contributed by atoms with van der Waals surface area (Å²) in [4.78, 5) is 4.51. The lowest BCUT2D eigenvalue weighted by molar-refractivity contribution is 0.877. The van der Waals surface area contributed by atoms with Crippen LogP contribution in [0.1, 0.15) is 42.0 Å². The summed E-state index contributed by atoms with van der Waals surface area (Å²) < 4.78 is 0. The first-order valence-electron chi connectivity index (χ1n) is 7.04. The third-order valence-electron chi connectivity index (χ3n) is 2.84. The van der Waals surface area contributed by atoms with Crippen molar-refractivity contribution in [1.29, 1.82) is 0 Å². The van der Waals surface area contributed by atoms with Crippen LogP contribution < -0.4 is 5.32 Å². The SMILES string of the molecule is C=CC1=CC=C(C(C)=N/C=C(\C)CNC)CC1.CC.[HH]. The maximum Gasteiger partial charge on any atom is 0.0404 e. The first-order chi connectivity index (χ1) is 9.17. The van der Waals surface area contributed by atoms with Gasteiger partial charge in [0, 0.05) is 19.9 Å². The van der Waals surface area contributed by atoms with Gasteiger partial charge in [-0.25, -0.2) is 0 Å². The van der Waals surface area contributed by atoms with Crippen molar-refractivity contribution in [2.75, 3.05) is 13.6 Å². The highest BCUT2D eigenvalue weighted by atomic mass is 14.8. The Morgan fingerprint density at radius 3 is 2.53 bits per heavy atom. The molecule has 0 amide bonds. The smallest absolute Gasteiger partial charge is 0.0404 e. The van der Waals surface area contributed by atoms with Crippen molar-refractivity contribution < 1.29 is 1.43 Å². The quantitative estimate of drug-likeness (QED) is 0.715. The van der Waals surface area contributed by atoms with E-state index in [2.05, 4.69) is 42.9 Å². The van der Waals surface area contributed by atoms with Crippen LogP contribution in [0.15, 0.2) is 52.7 Å². The van der Waals surface area contributed by atoms with Crippen LogP contribution in [0.2, 0.25) is 0 Å². The molecule has 1 aliphatic rings. The lowest BCUT2D eigenvalue weighted by atomic mass is 9.96. The van der Waals surface area contributed by atoms with Crippen molar-refractivity contribution in [2.45, 2.75) is 40.5 Å². The number of hydrogen-bond acceptors (Lipinski definition) is 2. The Hall–Kier alpha value is -1.41. The van der Waals surface area contributed by atoms with Crippen LogP contribution in [0.3, 0.4) is 0 Å². The fourth-order valence-electron chi connectivity index (χ4n) is 1.74. The molecule has 0 saturated carbocycles. The van der Waals surface area contributed by atoms with Crippen molar-refractivity contribution in [2.24, 2.45) is 4.99 Å². The summed E-state index contributed by atoms with van der Waals surface area (Å²) in [7, 11) is 1.94.